The van der Waals surface area contributed by atoms with Gasteiger partial charge in [-0.25, -0.2) is 4.98 Å². The van der Waals surface area contributed by atoms with Crippen LogP contribution in [0.2, 0.25) is 0 Å². The highest BCUT2D eigenvalue weighted by Crippen LogP contribution is 2.25. The van der Waals surface area contributed by atoms with Gasteiger partial charge in [-0.2, -0.15) is 0 Å². The lowest BCUT2D eigenvalue weighted by molar-refractivity contribution is 0.0175. The lowest BCUT2D eigenvalue weighted by Gasteiger charge is -2.28. The topological polar surface area (TPSA) is 56.7 Å². The van der Waals surface area contributed by atoms with Gasteiger partial charge in [-0.1, -0.05) is 24.3 Å². The number of aliphatic hydroxyl groups is 1. The first-order valence-corrected chi connectivity index (χ1v) is 8.73. The zero-order valence-electron chi connectivity index (χ0n) is 13.8. The van der Waals surface area contributed by atoms with Crippen LogP contribution in [0.1, 0.15) is 29.8 Å². The lowest BCUT2D eigenvalue weighted by atomic mass is 10.0. The molecule has 2 saturated heterocycles. The summed E-state index contributed by atoms with van der Waals surface area (Å²) in [7, 11) is 0. The first-order chi connectivity index (χ1) is 11.6. The Morgan fingerprint density at radius 2 is 1.92 bits per heavy atom. The molecule has 1 N–H and O–H groups in total. The summed E-state index contributed by atoms with van der Waals surface area (Å²) in [6.07, 6.45) is 3.06. The molecule has 0 radical (unpaired) electrons. The number of carbonyl (C=O) groups is 1. The second-order valence-corrected chi connectivity index (χ2v) is 7.07. The van der Waals surface area contributed by atoms with Gasteiger partial charge in [0.1, 0.15) is 5.69 Å². The molecular weight excluding hydrogens is 302 g/mol. The number of rotatable bonds is 3. The normalized spacial score (nSPS) is 24.8. The third kappa shape index (κ3) is 3.01. The number of fused-ring (bicyclic) bond motifs is 1. The average molecular weight is 325 g/mol. The first-order valence-electron chi connectivity index (χ1n) is 8.73. The quantitative estimate of drug-likeness (QED) is 0.936. The van der Waals surface area contributed by atoms with E-state index in [1.165, 1.54) is 12.8 Å². The molecule has 2 aliphatic heterocycles. The molecule has 1 aromatic carbocycles. The molecule has 24 heavy (non-hydrogen) atoms. The number of β-amino-alcohol motifs (C(OH)–C–C–N with tert-alkyl or cyclic N) is 1. The highest BCUT2D eigenvalue weighted by Gasteiger charge is 2.40. The highest BCUT2D eigenvalue weighted by atomic mass is 16.3. The highest BCUT2D eigenvalue weighted by molar-refractivity contribution is 5.95. The maximum absolute atomic E-state index is 12.8. The fourth-order valence-electron chi connectivity index (χ4n) is 3.86. The van der Waals surface area contributed by atoms with Crippen molar-refractivity contribution in [2.24, 2.45) is 0 Å². The van der Waals surface area contributed by atoms with Crippen molar-refractivity contribution < 1.29 is 9.90 Å². The minimum atomic E-state index is -0.781. The van der Waals surface area contributed by atoms with Crippen LogP contribution in [0.4, 0.5) is 0 Å². The Labute approximate surface area is 141 Å². The smallest absolute Gasteiger partial charge is 0.272 e. The standard InChI is InChI=1S/C19H23N3O2/c23-18(17-8-7-15-5-1-2-6-16(15)20-17)22-12-9-19(24,14-22)13-21-10-3-4-11-21/h1-2,5-8,24H,3-4,9-14H2. The van der Waals surface area contributed by atoms with E-state index in [0.717, 1.165) is 24.0 Å². The van der Waals surface area contributed by atoms with Crippen LogP contribution in [-0.4, -0.2) is 64.1 Å². The molecule has 0 bridgehead atoms. The second-order valence-electron chi connectivity index (χ2n) is 7.07. The maximum atomic E-state index is 12.8. The van der Waals surface area contributed by atoms with Gasteiger partial charge in [0.05, 0.1) is 17.7 Å². The van der Waals surface area contributed by atoms with E-state index in [1.807, 2.05) is 30.3 Å². The SMILES string of the molecule is O=C(c1ccc2ccccc2n1)N1CCC(O)(CN2CCCC2)C1. The Balaban J connectivity index is 1.48. The van der Waals surface area contributed by atoms with Gasteiger partial charge < -0.3 is 14.9 Å². The fraction of sp³-hybridized carbons (Fsp3) is 0.474. The molecule has 2 fully saturated rings. The van der Waals surface area contributed by atoms with Crippen LogP contribution in [0.15, 0.2) is 36.4 Å². The van der Waals surface area contributed by atoms with Gasteiger partial charge in [0.25, 0.3) is 5.91 Å². The molecule has 0 spiro atoms. The summed E-state index contributed by atoms with van der Waals surface area (Å²) < 4.78 is 0. The van der Waals surface area contributed by atoms with Crippen molar-refractivity contribution in [1.82, 2.24) is 14.8 Å². The molecule has 2 aromatic rings. The van der Waals surface area contributed by atoms with Gasteiger partial charge in [-0.15, -0.1) is 0 Å². The van der Waals surface area contributed by atoms with Crippen LogP contribution in [-0.2, 0) is 0 Å². The number of carbonyl (C=O) groups excluding carboxylic acids is 1. The minimum Gasteiger partial charge on any atom is -0.387 e. The van der Waals surface area contributed by atoms with E-state index in [2.05, 4.69) is 9.88 Å². The minimum absolute atomic E-state index is 0.0851. The summed E-state index contributed by atoms with van der Waals surface area (Å²) >= 11 is 0. The van der Waals surface area contributed by atoms with Crippen LogP contribution >= 0.6 is 0 Å². The lowest BCUT2D eigenvalue weighted by Crippen LogP contribution is -2.45. The van der Waals surface area contributed by atoms with Gasteiger partial charge in [0, 0.05) is 18.5 Å². The molecule has 126 valence electrons. The Kier molecular flexibility index (Phi) is 3.98. The number of hydrogen-bond acceptors (Lipinski definition) is 4. The van der Waals surface area contributed by atoms with Crippen LogP contribution < -0.4 is 0 Å². The van der Waals surface area contributed by atoms with Crippen LogP contribution in [0, 0.1) is 0 Å². The van der Waals surface area contributed by atoms with Crippen molar-refractivity contribution >= 4 is 16.8 Å². The average Bonchev–Trinajstić information content (AvgIpc) is 3.24. The third-order valence-corrected chi connectivity index (χ3v) is 5.15. The van der Waals surface area contributed by atoms with Crippen molar-refractivity contribution in [3.63, 3.8) is 0 Å². The molecular formula is C19H23N3O2. The summed E-state index contributed by atoms with van der Waals surface area (Å²) in [5.41, 5.74) is 0.505. The van der Waals surface area contributed by atoms with E-state index in [1.54, 1.807) is 11.0 Å². The van der Waals surface area contributed by atoms with E-state index in [0.29, 0.717) is 31.7 Å². The molecule has 1 amide bonds. The van der Waals surface area contributed by atoms with Crippen molar-refractivity contribution in [2.75, 3.05) is 32.7 Å². The Morgan fingerprint density at radius 3 is 2.75 bits per heavy atom. The van der Waals surface area contributed by atoms with E-state index < -0.39 is 5.60 Å². The van der Waals surface area contributed by atoms with Crippen LogP contribution in [0.25, 0.3) is 10.9 Å². The Bertz CT molecular complexity index is 757. The number of amides is 1. The predicted octanol–water partition coefficient (Wildman–Crippen LogP) is 1.91. The molecule has 0 aliphatic carbocycles. The molecule has 4 rings (SSSR count). The van der Waals surface area contributed by atoms with Crippen LogP contribution in [0.3, 0.4) is 0 Å². The molecule has 1 aromatic heterocycles. The largest absolute Gasteiger partial charge is 0.387 e. The number of nitrogens with zero attached hydrogens (tertiary/aromatic N) is 3. The van der Waals surface area contributed by atoms with Crippen molar-refractivity contribution in [3.05, 3.63) is 42.1 Å². The molecule has 5 heteroatoms. The number of pyridine rings is 1. The van der Waals surface area contributed by atoms with Gasteiger partial charge >= 0.3 is 0 Å². The number of aromatic nitrogens is 1. The number of para-hydroxylation sites is 1. The summed E-state index contributed by atoms with van der Waals surface area (Å²) in [5, 5.41) is 11.9. The third-order valence-electron chi connectivity index (χ3n) is 5.15. The number of hydrogen-bond donors (Lipinski definition) is 1. The van der Waals surface area contributed by atoms with Gasteiger partial charge in [-0.3, -0.25) is 4.79 Å². The molecule has 2 aliphatic rings. The van der Waals surface area contributed by atoms with E-state index >= 15 is 0 Å². The molecule has 1 atom stereocenters. The number of likely N-dealkylation sites (tertiary alicyclic amines) is 2. The first kappa shape index (κ1) is 15.5. The van der Waals surface area contributed by atoms with Crippen molar-refractivity contribution in [2.45, 2.75) is 24.9 Å². The van der Waals surface area contributed by atoms with Crippen LogP contribution in [0.5, 0.6) is 0 Å². The van der Waals surface area contributed by atoms with Gasteiger partial charge in [-0.05, 0) is 44.5 Å². The molecule has 3 heterocycles. The van der Waals surface area contributed by atoms with E-state index in [9.17, 15) is 9.90 Å². The van der Waals surface area contributed by atoms with Gasteiger partial charge in [0.2, 0.25) is 0 Å². The second kappa shape index (κ2) is 6.15. The molecule has 0 saturated carbocycles. The zero-order chi connectivity index (χ0) is 16.6. The molecule has 5 nitrogen and oxygen atoms in total. The summed E-state index contributed by atoms with van der Waals surface area (Å²) in [6.45, 7) is 3.78. The summed E-state index contributed by atoms with van der Waals surface area (Å²) in [4.78, 5) is 21.3. The fourth-order valence-corrected chi connectivity index (χ4v) is 3.86. The predicted molar refractivity (Wildman–Crippen MR) is 92.9 cm³/mol. The van der Waals surface area contributed by atoms with Crippen molar-refractivity contribution in [3.8, 4) is 0 Å². The Morgan fingerprint density at radius 1 is 1.12 bits per heavy atom. The van der Waals surface area contributed by atoms with E-state index in [-0.39, 0.29) is 5.91 Å². The maximum Gasteiger partial charge on any atom is 0.272 e. The molecule has 1 unspecified atom stereocenters. The monoisotopic (exact) mass is 325 g/mol. The Hall–Kier alpha value is -1.98. The van der Waals surface area contributed by atoms with Crippen molar-refractivity contribution in [1.29, 1.82) is 0 Å². The summed E-state index contributed by atoms with van der Waals surface area (Å²) in [6, 6.07) is 11.5. The number of benzene rings is 1. The summed E-state index contributed by atoms with van der Waals surface area (Å²) in [5.74, 6) is -0.0851. The van der Waals surface area contributed by atoms with E-state index in [4.69, 9.17) is 0 Å². The zero-order valence-corrected chi connectivity index (χ0v) is 13.8. The van der Waals surface area contributed by atoms with Gasteiger partial charge in [0.15, 0.2) is 0 Å².